The number of benzene rings is 1. The first-order valence-electron chi connectivity index (χ1n) is 7.82. The number of rotatable bonds is 6. The summed E-state index contributed by atoms with van der Waals surface area (Å²) in [6.07, 6.45) is 6.71. The Balaban J connectivity index is 1.93. The van der Waals surface area contributed by atoms with Crippen molar-refractivity contribution < 1.29 is 4.74 Å². The molecule has 1 fully saturated rings. The maximum Gasteiger partial charge on any atom is 0.120 e. The van der Waals surface area contributed by atoms with E-state index in [0.717, 1.165) is 35.4 Å². The fourth-order valence-corrected chi connectivity index (χ4v) is 3.42. The van der Waals surface area contributed by atoms with E-state index in [1.165, 1.54) is 32.1 Å². The molecule has 0 bridgehead atoms. The van der Waals surface area contributed by atoms with Crippen LogP contribution in [0.1, 0.15) is 44.6 Å². The van der Waals surface area contributed by atoms with Gasteiger partial charge in [0.05, 0.1) is 7.11 Å². The summed E-state index contributed by atoms with van der Waals surface area (Å²) in [5.41, 5.74) is 7.66. The van der Waals surface area contributed by atoms with Gasteiger partial charge in [0.1, 0.15) is 10.7 Å². The van der Waals surface area contributed by atoms with Crippen molar-refractivity contribution in [3.63, 3.8) is 0 Å². The van der Waals surface area contributed by atoms with Crippen LogP contribution in [-0.2, 0) is 0 Å². The summed E-state index contributed by atoms with van der Waals surface area (Å²) in [4.78, 5) is 0.423. The summed E-state index contributed by atoms with van der Waals surface area (Å²) in [7, 11) is 1.67. The molecule has 3 nitrogen and oxygen atoms in total. The SMILES string of the molecule is COc1ccc(C(N)=S)c(NCCC2CCCC(C)C2)c1. The van der Waals surface area contributed by atoms with Crippen LogP contribution in [-0.4, -0.2) is 18.6 Å². The van der Waals surface area contributed by atoms with Crippen LogP contribution in [0.5, 0.6) is 5.75 Å². The van der Waals surface area contributed by atoms with E-state index >= 15 is 0 Å². The van der Waals surface area contributed by atoms with Gasteiger partial charge < -0.3 is 15.8 Å². The standard InChI is InChI=1S/C17H26N2OS/c1-12-4-3-5-13(10-12)8-9-19-16-11-14(20-2)6-7-15(16)17(18)21/h6-7,11-13,19H,3-5,8-10H2,1-2H3,(H2,18,21). The molecule has 3 N–H and O–H groups in total. The average Bonchev–Trinajstić information content (AvgIpc) is 2.47. The normalized spacial score (nSPS) is 21.8. The van der Waals surface area contributed by atoms with Gasteiger partial charge in [0, 0.05) is 23.9 Å². The van der Waals surface area contributed by atoms with E-state index in [9.17, 15) is 0 Å². The molecule has 0 amide bonds. The first-order valence-corrected chi connectivity index (χ1v) is 8.22. The van der Waals surface area contributed by atoms with Crippen LogP contribution in [0, 0.1) is 11.8 Å². The lowest BCUT2D eigenvalue weighted by atomic mass is 9.81. The number of thiocarbonyl (C=S) groups is 1. The number of hydrogen-bond acceptors (Lipinski definition) is 3. The van der Waals surface area contributed by atoms with Crippen molar-refractivity contribution in [1.82, 2.24) is 0 Å². The molecule has 2 unspecified atom stereocenters. The quantitative estimate of drug-likeness (QED) is 0.781. The third kappa shape index (κ3) is 4.60. The van der Waals surface area contributed by atoms with Gasteiger partial charge in [-0.05, 0) is 36.8 Å². The van der Waals surface area contributed by atoms with Crippen LogP contribution in [0.15, 0.2) is 18.2 Å². The summed E-state index contributed by atoms with van der Waals surface area (Å²) >= 11 is 5.12. The Kier molecular flexibility index (Phi) is 5.85. The van der Waals surface area contributed by atoms with E-state index in [2.05, 4.69) is 12.2 Å². The van der Waals surface area contributed by atoms with Gasteiger partial charge >= 0.3 is 0 Å². The number of hydrogen-bond donors (Lipinski definition) is 2. The Bertz CT molecular complexity index is 490. The monoisotopic (exact) mass is 306 g/mol. The molecule has 0 saturated heterocycles. The van der Waals surface area contributed by atoms with Crippen LogP contribution in [0.3, 0.4) is 0 Å². The van der Waals surface area contributed by atoms with Gasteiger partial charge in [-0.1, -0.05) is 38.4 Å². The van der Waals surface area contributed by atoms with Crippen molar-refractivity contribution in [3.8, 4) is 5.75 Å². The summed E-state index contributed by atoms with van der Waals surface area (Å²) in [5.74, 6) is 2.55. The molecule has 0 aliphatic heterocycles. The van der Waals surface area contributed by atoms with Crippen LogP contribution in [0.4, 0.5) is 5.69 Å². The van der Waals surface area contributed by atoms with Crippen molar-refractivity contribution in [2.24, 2.45) is 17.6 Å². The van der Waals surface area contributed by atoms with Gasteiger partial charge in [0.25, 0.3) is 0 Å². The molecule has 0 spiro atoms. The van der Waals surface area contributed by atoms with Crippen LogP contribution >= 0.6 is 12.2 Å². The molecule has 0 aromatic heterocycles. The molecule has 0 radical (unpaired) electrons. The Hall–Kier alpha value is -1.29. The van der Waals surface area contributed by atoms with Gasteiger partial charge in [-0.3, -0.25) is 0 Å². The number of anilines is 1. The zero-order chi connectivity index (χ0) is 15.2. The molecule has 1 saturated carbocycles. The summed E-state index contributed by atoms with van der Waals surface area (Å²) < 4.78 is 5.28. The van der Waals surface area contributed by atoms with Crippen LogP contribution in [0.2, 0.25) is 0 Å². The second kappa shape index (κ2) is 7.64. The molecule has 4 heteroatoms. The second-order valence-electron chi connectivity index (χ2n) is 6.13. The van der Waals surface area contributed by atoms with E-state index in [-0.39, 0.29) is 0 Å². The number of methoxy groups -OCH3 is 1. The number of ether oxygens (including phenoxy) is 1. The Morgan fingerprint density at radius 2 is 2.24 bits per heavy atom. The smallest absolute Gasteiger partial charge is 0.120 e. The van der Waals surface area contributed by atoms with Gasteiger partial charge in [-0.2, -0.15) is 0 Å². The molecule has 21 heavy (non-hydrogen) atoms. The highest BCUT2D eigenvalue weighted by molar-refractivity contribution is 7.80. The molecule has 1 aliphatic rings. The van der Waals surface area contributed by atoms with Gasteiger partial charge in [-0.25, -0.2) is 0 Å². The minimum absolute atomic E-state index is 0.423. The minimum atomic E-state index is 0.423. The zero-order valence-corrected chi connectivity index (χ0v) is 13.8. The molecule has 2 atom stereocenters. The molecular weight excluding hydrogens is 280 g/mol. The fourth-order valence-electron chi connectivity index (χ4n) is 3.24. The Labute approximate surface area is 133 Å². The second-order valence-corrected chi connectivity index (χ2v) is 6.57. The topological polar surface area (TPSA) is 47.3 Å². The summed E-state index contributed by atoms with van der Waals surface area (Å²) in [6.45, 7) is 3.33. The van der Waals surface area contributed by atoms with Crippen molar-refractivity contribution in [2.45, 2.75) is 39.0 Å². The zero-order valence-electron chi connectivity index (χ0n) is 13.0. The average molecular weight is 306 g/mol. The number of nitrogens with two attached hydrogens (primary N) is 1. The van der Waals surface area contributed by atoms with Gasteiger partial charge in [-0.15, -0.1) is 0 Å². The minimum Gasteiger partial charge on any atom is -0.497 e. The molecular formula is C17H26N2OS. The van der Waals surface area contributed by atoms with E-state index in [4.69, 9.17) is 22.7 Å². The lowest BCUT2D eigenvalue weighted by molar-refractivity contribution is 0.274. The van der Waals surface area contributed by atoms with Crippen molar-refractivity contribution in [2.75, 3.05) is 19.0 Å². The van der Waals surface area contributed by atoms with E-state index < -0.39 is 0 Å². The first kappa shape index (κ1) is 16.1. The van der Waals surface area contributed by atoms with E-state index in [1.54, 1.807) is 7.11 Å². The molecule has 0 heterocycles. The number of nitrogens with one attached hydrogen (secondary N) is 1. The van der Waals surface area contributed by atoms with Crippen molar-refractivity contribution >= 4 is 22.9 Å². The summed E-state index contributed by atoms with van der Waals surface area (Å²) in [5, 5.41) is 3.48. The molecule has 1 aliphatic carbocycles. The Morgan fingerprint density at radius 3 is 2.90 bits per heavy atom. The highest BCUT2D eigenvalue weighted by Crippen LogP contribution is 2.31. The predicted octanol–water partition coefficient (Wildman–Crippen LogP) is 3.96. The molecule has 1 aromatic rings. The van der Waals surface area contributed by atoms with E-state index in [0.29, 0.717) is 4.99 Å². The van der Waals surface area contributed by atoms with Crippen LogP contribution < -0.4 is 15.8 Å². The summed E-state index contributed by atoms with van der Waals surface area (Å²) in [6, 6.07) is 5.78. The largest absolute Gasteiger partial charge is 0.497 e. The van der Waals surface area contributed by atoms with Crippen molar-refractivity contribution in [1.29, 1.82) is 0 Å². The maximum absolute atomic E-state index is 5.79. The highest BCUT2D eigenvalue weighted by atomic mass is 32.1. The highest BCUT2D eigenvalue weighted by Gasteiger charge is 2.18. The predicted molar refractivity (Wildman–Crippen MR) is 93.1 cm³/mol. The maximum atomic E-state index is 5.79. The molecule has 1 aromatic carbocycles. The molecule has 116 valence electrons. The van der Waals surface area contributed by atoms with Gasteiger partial charge in [0.2, 0.25) is 0 Å². The van der Waals surface area contributed by atoms with E-state index in [1.807, 2.05) is 18.2 Å². The lowest BCUT2D eigenvalue weighted by Crippen LogP contribution is -2.18. The molecule has 2 rings (SSSR count). The fraction of sp³-hybridized carbons (Fsp3) is 0.588. The van der Waals surface area contributed by atoms with Crippen molar-refractivity contribution in [3.05, 3.63) is 23.8 Å². The van der Waals surface area contributed by atoms with Crippen LogP contribution in [0.25, 0.3) is 0 Å². The first-order chi connectivity index (χ1) is 10.1. The lowest BCUT2D eigenvalue weighted by Gasteiger charge is -2.27. The van der Waals surface area contributed by atoms with Gasteiger partial charge in [0.15, 0.2) is 0 Å². The Morgan fingerprint density at radius 1 is 1.43 bits per heavy atom. The third-order valence-electron chi connectivity index (χ3n) is 4.41. The third-order valence-corrected chi connectivity index (χ3v) is 4.63.